The van der Waals surface area contributed by atoms with Crippen LogP contribution >= 0.6 is 11.6 Å². The second-order valence-corrected chi connectivity index (χ2v) is 6.68. The zero-order valence-electron chi connectivity index (χ0n) is 10.8. The molecule has 0 atom stereocenters. The first-order valence-electron chi connectivity index (χ1n) is 5.83. The summed E-state index contributed by atoms with van der Waals surface area (Å²) in [6.45, 7) is 0. The highest BCUT2D eigenvalue weighted by molar-refractivity contribution is 7.90. The molecule has 0 unspecified atom stereocenters. The molecule has 2 aromatic rings. The average molecular weight is 312 g/mol. The van der Waals surface area contributed by atoms with Crippen LogP contribution in [-0.2, 0) is 15.6 Å². The molecule has 2 N–H and O–H groups in total. The lowest BCUT2D eigenvalue weighted by Gasteiger charge is -2.08. The molecule has 0 amide bonds. The number of hydrogen-bond acceptors (Lipinski definition) is 4. The molecule has 0 aromatic heterocycles. The maximum Gasteiger partial charge on any atom is 0.184 e. The molecular weight excluding hydrogens is 298 g/mol. The molecule has 6 heteroatoms. The van der Waals surface area contributed by atoms with Gasteiger partial charge in [-0.25, -0.2) is 8.42 Å². The second-order valence-electron chi connectivity index (χ2n) is 4.29. The van der Waals surface area contributed by atoms with Crippen molar-refractivity contribution < 1.29 is 13.2 Å². The summed E-state index contributed by atoms with van der Waals surface area (Å²) in [7, 11) is -1.95. The quantitative estimate of drug-likeness (QED) is 0.881. The number of methoxy groups -OCH3 is 1. The van der Waals surface area contributed by atoms with Crippen LogP contribution in [0.2, 0.25) is 5.02 Å². The fourth-order valence-corrected chi connectivity index (χ4v) is 3.48. The summed E-state index contributed by atoms with van der Waals surface area (Å²) < 4.78 is 29.7. The molecule has 0 heterocycles. The Morgan fingerprint density at radius 3 is 2.35 bits per heavy atom. The summed E-state index contributed by atoms with van der Waals surface area (Å²) in [5.74, 6) is 0.556. The highest BCUT2D eigenvalue weighted by Crippen LogP contribution is 2.26. The number of nitrogen functional groups attached to an aromatic ring is 1. The summed E-state index contributed by atoms with van der Waals surface area (Å²) >= 11 is 5.77. The zero-order valence-corrected chi connectivity index (χ0v) is 12.4. The van der Waals surface area contributed by atoms with Crippen molar-refractivity contribution in [1.29, 1.82) is 0 Å². The first kappa shape index (κ1) is 14.7. The molecule has 4 nitrogen and oxygen atoms in total. The van der Waals surface area contributed by atoms with Crippen LogP contribution < -0.4 is 10.5 Å². The minimum atomic E-state index is -3.50. The normalized spacial score (nSPS) is 11.3. The SMILES string of the molecule is COc1ccc(CS(=O)(=O)c2ccc(Cl)cc2N)cc1. The smallest absolute Gasteiger partial charge is 0.184 e. The lowest BCUT2D eigenvalue weighted by atomic mass is 10.2. The zero-order chi connectivity index (χ0) is 14.8. The third kappa shape index (κ3) is 3.23. The third-order valence-corrected chi connectivity index (χ3v) is 4.81. The van der Waals surface area contributed by atoms with E-state index in [9.17, 15) is 8.42 Å². The van der Waals surface area contributed by atoms with Crippen LogP contribution in [0.25, 0.3) is 0 Å². The van der Waals surface area contributed by atoms with Crippen molar-refractivity contribution in [2.75, 3.05) is 12.8 Å². The Hall–Kier alpha value is -1.72. The number of ether oxygens (including phenoxy) is 1. The topological polar surface area (TPSA) is 69.4 Å². The maximum absolute atomic E-state index is 12.3. The van der Waals surface area contributed by atoms with Crippen LogP contribution in [0.15, 0.2) is 47.4 Å². The van der Waals surface area contributed by atoms with Crippen molar-refractivity contribution in [2.45, 2.75) is 10.6 Å². The Bertz CT molecular complexity index is 712. The maximum atomic E-state index is 12.3. The number of hydrogen-bond donors (Lipinski definition) is 1. The van der Waals surface area contributed by atoms with Crippen LogP contribution in [-0.4, -0.2) is 15.5 Å². The third-order valence-electron chi connectivity index (χ3n) is 2.82. The molecule has 0 spiro atoms. The number of nitrogens with two attached hydrogens (primary N) is 1. The van der Waals surface area contributed by atoms with E-state index in [4.69, 9.17) is 22.1 Å². The summed E-state index contributed by atoms with van der Waals surface area (Å²) in [5, 5.41) is 0.408. The molecule has 0 aliphatic carbocycles. The average Bonchev–Trinajstić information content (AvgIpc) is 2.38. The molecule has 0 aliphatic heterocycles. The van der Waals surface area contributed by atoms with Gasteiger partial charge in [0.05, 0.1) is 23.4 Å². The molecule has 2 aromatic carbocycles. The van der Waals surface area contributed by atoms with E-state index in [1.807, 2.05) is 0 Å². The Morgan fingerprint density at radius 1 is 1.15 bits per heavy atom. The Balaban J connectivity index is 2.30. The molecule has 0 bridgehead atoms. The van der Waals surface area contributed by atoms with Crippen molar-refractivity contribution in [3.63, 3.8) is 0 Å². The highest BCUT2D eigenvalue weighted by Gasteiger charge is 2.18. The van der Waals surface area contributed by atoms with Gasteiger partial charge >= 0.3 is 0 Å². The van der Waals surface area contributed by atoms with Crippen LogP contribution in [0, 0.1) is 0 Å². The highest BCUT2D eigenvalue weighted by atomic mass is 35.5. The molecule has 0 saturated heterocycles. The van der Waals surface area contributed by atoms with E-state index in [0.717, 1.165) is 0 Å². The Morgan fingerprint density at radius 2 is 1.80 bits per heavy atom. The van der Waals surface area contributed by atoms with Crippen LogP contribution in [0.5, 0.6) is 5.75 Å². The largest absolute Gasteiger partial charge is 0.497 e. The Kier molecular flexibility index (Phi) is 4.20. The van der Waals surface area contributed by atoms with E-state index in [1.165, 1.54) is 18.2 Å². The van der Waals surface area contributed by atoms with Crippen LogP contribution in [0.4, 0.5) is 5.69 Å². The standard InChI is InChI=1S/C14H14ClNO3S/c1-19-12-5-2-10(3-6-12)9-20(17,18)14-7-4-11(15)8-13(14)16/h2-8H,9,16H2,1H3. The number of sulfone groups is 1. The summed E-state index contributed by atoms with van der Waals surface area (Å²) in [4.78, 5) is 0.0951. The first-order valence-corrected chi connectivity index (χ1v) is 7.86. The van der Waals surface area contributed by atoms with E-state index >= 15 is 0 Å². The molecular formula is C14H14ClNO3S. The van der Waals surface area contributed by atoms with Gasteiger partial charge in [-0.1, -0.05) is 23.7 Å². The molecule has 2 rings (SSSR count). The minimum Gasteiger partial charge on any atom is -0.497 e. The van der Waals surface area contributed by atoms with Crippen molar-refractivity contribution in [2.24, 2.45) is 0 Å². The van der Waals surface area contributed by atoms with Gasteiger partial charge in [-0.2, -0.15) is 0 Å². The summed E-state index contributed by atoms with van der Waals surface area (Å²) in [6.07, 6.45) is 0. The van der Waals surface area contributed by atoms with Crippen molar-refractivity contribution in [3.8, 4) is 5.75 Å². The fraction of sp³-hybridized carbons (Fsp3) is 0.143. The molecule has 0 fully saturated rings. The molecule has 106 valence electrons. The lowest BCUT2D eigenvalue weighted by Crippen LogP contribution is -2.08. The van der Waals surface area contributed by atoms with Gasteiger partial charge in [0, 0.05) is 5.02 Å². The van der Waals surface area contributed by atoms with Gasteiger partial charge in [0.1, 0.15) is 5.75 Å². The fourth-order valence-electron chi connectivity index (χ4n) is 1.82. The van der Waals surface area contributed by atoms with Gasteiger partial charge in [-0.15, -0.1) is 0 Å². The number of benzene rings is 2. The van der Waals surface area contributed by atoms with Gasteiger partial charge in [0.15, 0.2) is 9.84 Å². The van der Waals surface area contributed by atoms with Crippen molar-refractivity contribution >= 4 is 27.1 Å². The monoisotopic (exact) mass is 311 g/mol. The van der Waals surface area contributed by atoms with E-state index in [0.29, 0.717) is 16.3 Å². The van der Waals surface area contributed by atoms with Gasteiger partial charge in [0.2, 0.25) is 0 Å². The van der Waals surface area contributed by atoms with Crippen molar-refractivity contribution in [1.82, 2.24) is 0 Å². The van der Waals surface area contributed by atoms with Gasteiger partial charge < -0.3 is 10.5 Å². The molecule has 0 aliphatic rings. The predicted octanol–water partition coefficient (Wildman–Crippen LogP) is 2.90. The summed E-state index contributed by atoms with van der Waals surface area (Å²) in [6, 6.07) is 11.2. The van der Waals surface area contributed by atoms with Gasteiger partial charge in [-0.3, -0.25) is 0 Å². The van der Waals surface area contributed by atoms with E-state index in [1.54, 1.807) is 31.4 Å². The van der Waals surface area contributed by atoms with Crippen LogP contribution in [0.3, 0.4) is 0 Å². The molecule has 0 saturated carbocycles. The predicted molar refractivity (Wildman–Crippen MR) is 79.7 cm³/mol. The number of anilines is 1. The molecule has 20 heavy (non-hydrogen) atoms. The minimum absolute atomic E-state index is 0.0951. The van der Waals surface area contributed by atoms with Gasteiger partial charge in [0.25, 0.3) is 0 Å². The van der Waals surface area contributed by atoms with Crippen LogP contribution in [0.1, 0.15) is 5.56 Å². The summed E-state index contributed by atoms with van der Waals surface area (Å²) in [5.41, 5.74) is 6.55. The number of halogens is 1. The molecule has 0 radical (unpaired) electrons. The lowest BCUT2D eigenvalue weighted by molar-refractivity contribution is 0.414. The van der Waals surface area contributed by atoms with E-state index < -0.39 is 9.84 Å². The number of rotatable bonds is 4. The first-order chi connectivity index (χ1) is 9.42. The van der Waals surface area contributed by atoms with Crippen molar-refractivity contribution in [3.05, 3.63) is 53.1 Å². The Labute approximate surface area is 123 Å². The van der Waals surface area contributed by atoms with E-state index in [2.05, 4.69) is 0 Å². The van der Waals surface area contributed by atoms with E-state index in [-0.39, 0.29) is 16.3 Å². The second kappa shape index (κ2) is 5.73. The van der Waals surface area contributed by atoms with Gasteiger partial charge in [-0.05, 0) is 35.9 Å².